The molecule has 0 saturated carbocycles. The summed E-state index contributed by atoms with van der Waals surface area (Å²) < 4.78 is 6.96. The van der Waals surface area contributed by atoms with Crippen LogP contribution in [0.2, 0.25) is 66.5 Å². The number of hydrogen-bond acceptors (Lipinski definition) is 12. The first-order valence-electron chi connectivity index (χ1n) is 47.7. The Morgan fingerprint density at radius 3 is 0.768 bits per heavy atom. The highest BCUT2D eigenvalue weighted by Gasteiger charge is 2.61. The van der Waals surface area contributed by atoms with E-state index in [-0.39, 0.29) is 20.2 Å². The van der Waals surface area contributed by atoms with Gasteiger partial charge in [0.15, 0.2) is 0 Å². The van der Waals surface area contributed by atoms with Crippen molar-refractivity contribution in [2.45, 2.75) is 233 Å². The maximum atomic E-state index is 10.3. The van der Waals surface area contributed by atoms with Gasteiger partial charge < -0.3 is 30.6 Å². The lowest BCUT2D eigenvalue weighted by Crippen LogP contribution is -2.75. The monoisotopic (exact) mass is 2470 g/mol. The molecule has 12 aromatic carbocycles. The van der Waals surface area contributed by atoms with Crippen molar-refractivity contribution in [1.29, 1.82) is 0 Å². The summed E-state index contributed by atoms with van der Waals surface area (Å²) in [4.78, 5) is 29.3. The van der Waals surface area contributed by atoms with E-state index in [0.29, 0.717) is 56.7 Å². The number of aromatic hydroxyl groups is 6. The molecule has 0 atom stereocenters. The third-order valence-electron chi connectivity index (χ3n) is 30.3. The van der Waals surface area contributed by atoms with E-state index in [1.54, 1.807) is 36.4 Å². The number of halogens is 6. The van der Waals surface area contributed by atoms with Gasteiger partial charge in [-0.05, 0) is 349 Å². The molecule has 138 heavy (non-hydrogen) atoms. The normalized spacial score (nSPS) is 15.4. The summed E-state index contributed by atoms with van der Waals surface area (Å²) in [6, 6.07) is 63.1. The molecule has 24 heteroatoms. The van der Waals surface area contributed by atoms with Gasteiger partial charge in [0, 0.05) is 24.1 Å². The number of fused-ring (bicyclic) bond motifs is 12. The molecule has 0 aromatic heterocycles. The van der Waals surface area contributed by atoms with Crippen molar-refractivity contribution in [2.75, 3.05) is 0 Å². The fourth-order valence-corrected chi connectivity index (χ4v) is 70.7. The van der Waals surface area contributed by atoms with E-state index in [2.05, 4.69) is 376 Å². The molecule has 0 fully saturated rings. The third kappa shape index (κ3) is 18.0. The molecule has 0 amide bonds. The van der Waals surface area contributed by atoms with Gasteiger partial charge in [-0.3, -0.25) is 0 Å². The Morgan fingerprint density at radius 1 is 0.261 bits per heavy atom. The van der Waals surface area contributed by atoms with Crippen LogP contribution in [0.15, 0.2) is 225 Å². The predicted octanol–water partition coefficient (Wildman–Crippen LogP) is 18.8. The minimum Gasteiger partial charge on any atom is -0.508 e. The first-order chi connectivity index (χ1) is 64.5. The smallest absolute Gasteiger partial charge is 0.135 e. The summed E-state index contributed by atoms with van der Waals surface area (Å²) in [5.74, 6) is 1.96. The molecule has 12 nitrogen and oxygen atoms in total. The molecule has 0 bridgehead atoms. The Labute approximate surface area is 887 Å². The predicted molar refractivity (Wildman–Crippen MR) is 636 cm³/mol. The van der Waals surface area contributed by atoms with E-state index in [0.717, 1.165) is 135 Å². The molecule has 0 saturated heterocycles. The van der Waals surface area contributed by atoms with Crippen LogP contribution in [-0.2, 0) is 0 Å². The van der Waals surface area contributed by atoms with Crippen molar-refractivity contribution in [1.82, 2.24) is 0 Å². The molecule has 6 aliphatic heterocycles. The summed E-state index contributed by atoms with van der Waals surface area (Å²) in [5, 5.41) is 89.0. The SMILES string of the molecule is C=c1ccc2c(c1Br)[Si](C(C)(C)C)(C(C)(C)C)c1cc(O)ccc1N=2.C=c1ccc2c(c1Br)[Si](C(C)C)(C(C)C)c1cc(O)ccc1N=2.C=c1ccc2c(c1Br)[Si](CC)(CC)c1cc(O)ccc1N=2.C=c1ccc2c(c1I)[Si](C(C)(C)C)(C(C)(C)C)c1cc(O)ccc1N=2.C=c1ccc2c(c1I)[Si](C(C)C)(C(C)C)c1cc(O)ccc1N=2.C=c1ccc2c(c1I)[Si](CC)(CC)c1cc(O)ccc1N=2. The first-order valence-corrected chi connectivity index (χ1v) is 66.4. The van der Waals surface area contributed by atoms with Crippen molar-refractivity contribution in [3.8, 4) is 34.5 Å². The molecule has 6 heterocycles. The zero-order valence-corrected chi connectivity index (χ0v) is 102. The lowest BCUT2D eigenvalue weighted by Gasteiger charge is -2.54. The van der Waals surface area contributed by atoms with Gasteiger partial charge in [-0.2, -0.15) is 0 Å². The van der Waals surface area contributed by atoms with Gasteiger partial charge in [0.2, 0.25) is 0 Å². The van der Waals surface area contributed by atoms with Crippen LogP contribution in [0.3, 0.4) is 0 Å². The van der Waals surface area contributed by atoms with Crippen LogP contribution in [0.5, 0.6) is 34.5 Å². The van der Waals surface area contributed by atoms with E-state index < -0.39 is 48.4 Å². The van der Waals surface area contributed by atoms with Gasteiger partial charge in [-0.1, -0.05) is 314 Å². The highest BCUT2D eigenvalue weighted by atomic mass is 127. The van der Waals surface area contributed by atoms with E-state index in [4.69, 9.17) is 30.0 Å². The molecule has 0 radical (unpaired) electrons. The second kappa shape index (κ2) is 40.2. The number of phenolic OH excluding ortho intramolecular Hbond substituents is 6. The maximum Gasteiger partial charge on any atom is 0.135 e. The van der Waals surface area contributed by atoms with Crippen molar-refractivity contribution in [3.05, 3.63) is 270 Å². The average Bonchev–Trinajstić information content (AvgIpc) is 0.685. The van der Waals surface area contributed by atoms with Crippen molar-refractivity contribution >= 4 is 300 Å². The molecule has 6 N–H and O–H groups in total. The van der Waals surface area contributed by atoms with Gasteiger partial charge in [-0.25, -0.2) is 30.0 Å². The Kier molecular flexibility index (Phi) is 31.4. The summed E-state index contributed by atoms with van der Waals surface area (Å²) in [6.07, 6.45) is 0. The molecule has 0 aliphatic carbocycles. The molecule has 6 aliphatic rings. The van der Waals surface area contributed by atoms with Crippen molar-refractivity contribution in [2.24, 2.45) is 30.0 Å². The third-order valence-corrected chi connectivity index (χ3v) is 76.5. The highest BCUT2D eigenvalue weighted by Crippen LogP contribution is 2.55. The second-order valence-electron chi connectivity index (χ2n) is 42.9. The largest absolute Gasteiger partial charge is 0.508 e. The van der Waals surface area contributed by atoms with Crippen LogP contribution >= 0.6 is 116 Å². The molecule has 0 spiro atoms. The van der Waals surface area contributed by atoms with Gasteiger partial charge >= 0.3 is 0 Å². The summed E-state index contributed by atoms with van der Waals surface area (Å²) >= 11 is 18.7. The lowest BCUT2D eigenvalue weighted by molar-refractivity contribution is 0.475. The molecule has 720 valence electrons. The fraction of sp³-hybridized carbons (Fsp3) is 0.316. The summed E-state index contributed by atoms with van der Waals surface area (Å²) in [5.41, 5.74) is 8.05. The van der Waals surface area contributed by atoms with Crippen LogP contribution in [0.4, 0.5) is 34.1 Å². The van der Waals surface area contributed by atoms with Gasteiger partial charge in [0.25, 0.3) is 0 Å². The highest BCUT2D eigenvalue weighted by molar-refractivity contribution is 14.1. The Morgan fingerprint density at radius 2 is 0.464 bits per heavy atom. The lowest BCUT2D eigenvalue weighted by atomic mass is 10.2. The minimum atomic E-state index is -2.38. The zero-order valence-electron chi connectivity index (χ0n) is 84.3. The number of hydrogen-bond donors (Lipinski definition) is 6. The van der Waals surface area contributed by atoms with Crippen LogP contribution in [0.25, 0.3) is 39.5 Å². The van der Waals surface area contributed by atoms with E-state index >= 15 is 0 Å². The van der Waals surface area contributed by atoms with Gasteiger partial charge in [0.05, 0.1) is 66.3 Å². The summed E-state index contributed by atoms with van der Waals surface area (Å²) in [7, 11) is -12.7. The molecule has 12 aromatic rings. The van der Waals surface area contributed by atoms with Crippen LogP contribution < -0.4 is 126 Å². The number of phenols is 6. The zero-order chi connectivity index (χ0) is 102. The minimum absolute atomic E-state index is 0.0226. The van der Waals surface area contributed by atoms with Crippen LogP contribution in [0, 0.1) is 10.7 Å². The standard InChI is InChI=1S/C21H26BrNOSi.C21H26INOSi.C19H22BrNOSi.C19H22INOSi.C17H18BrNOSi.C17H18INOSi/c2*1-13-8-10-16-19(18(13)22)25(20(2,3)4,21(5,6)7)17-12-14(24)9-11-15(17)23-16;2*1-11(2)23(12(3)4)17-10-14(22)7-9-15(17)21-16-8-6-13(5)18(20)19(16)23;2*1-4-21(5-2)15-10-12(20)7-9-13(15)19-14-8-6-11(3)16(18)17(14)21/h2*8-12,24H,1H2,2-7H3;2*6-12,22H,5H2,1-4H3;2*6-10,20H,3-5H2,1-2H3. The number of nitrogens with zero attached hydrogens (tertiary/aromatic N) is 6. The van der Waals surface area contributed by atoms with Crippen molar-refractivity contribution < 1.29 is 30.6 Å². The average molecular weight is 2470 g/mol. The molecular weight excluding hydrogens is 2340 g/mol. The maximum absolute atomic E-state index is 10.3. The van der Waals surface area contributed by atoms with Gasteiger partial charge in [0.1, 0.15) is 82.9 Å². The summed E-state index contributed by atoms with van der Waals surface area (Å²) in [6.45, 7) is 80.7. The fourth-order valence-electron chi connectivity index (χ4n) is 25.0. The van der Waals surface area contributed by atoms with E-state index in [9.17, 15) is 30.6 Å². The topological polar surface area (TPSA) is 196 Å². The second-order valence-corrected chi connectivity index (χ2v) is 79.0. The van der Waals surface area contributed by atoms with Crippen molar-refractivity contribution in [3.63, 3.8) is 0 Å². The van der Waals surface area contributed by atoms with Crippen LogP contribution in [0.1, 0.15) is 166 Å². The Bertz CT molecular complexity index is 7210. The van der Waals surface area contributed by atoms with E-state index in [1.165, 1.54) is 73.0 Å². The van der Waals surface area contributed by atoms with E-state index in [1.807, 2.05) is 91.0 Å². The van der Waals surface area contributed by atoms with Crippen LogP contribution in [-0.4, -0.2) is 79.1 Å². The molecule has 0 unspecified atom stereocenters. The number of benzene rings is 12. The molecular formula is C114H132Br3I3N6O6Si6. The van der Waals surface area contributed by atoms with Gasteiger partial charge in [-0.15, -0.1) is 0 Å². The quantitative estimate of drug-likeness (QED) is 0.0647. The molecule has 18 rings (SSSR count). The first kappa shape index (κ1) is 108. The Balaban J connectivity index is 0.000000140. The number of rotatable bonds is 8. The Hall–Kier alpha value is -7.61.